The van der Waals surface area contributed by atoms with E-state index in [-0.39, 0.29) is 0 Å². The summed E-state index contributed by atoms with van der Waals surface area (Å²) in [6, 6.07) is 8.96. The van der Waals surface area contributed by atoms with Gasteiger partial charge >= 0.3 is 0 Å². The first kappa shape index (κ1) is 9.17. The lowest BCUT2D eigenvalue weighted by atomic mass is 10.1. The number of hydrogen-bond acceptors (Lipinski definition) is 2. The predicted molar refractivity (Wildman–Crippen MR) is 66.1 cm³/mol. The second kappa shape index (κ2) is 3.49. The average molecular weight is 222 g/mol. The van der Waals surface area contributed by atoms with Crippen LogP contribution in [0.2, 0.25) is 0 Å². The van der Waals surface area contributed by atoms with Gasteiger partial charge in [-0.3, -0.25) is 0 Å². The minimum Gasteiger partial charge on any atom is -0.143 e. The Hall–Kier alpha value is -0.0800. The van der Waals surface area contributed by atoms with Crippen LogP contribution in [0.3, 0.4) is 0 Å². The molecule has 0 saturated carbocycles. The second-order valence-corrected chi connectivity index (χ2v) is 7.30. The van der Waals surface area contributed by atoms with Gasteiger partial charge in [0.05, 0.1) is 4.08 Å². The van der Waals surface area contributed by atoms with Crippen molar-refractivity contribution in [2.45, 2.75) is 23.3 Å². The Morgan fingerprint density at radius 2 is 1.50 bits per heavy atom. The SMILES string of the molecule is c1ccc2c(c1)CC1(C2)SCCCS1. The van der Waals surface area contributed by atoms with Crippen LogP contribution in [-0.4, -0.2) is 15.6 Å². The van der Waals surface area contributed by atoms with E-state index in [4.69, 9.17) is 0 Å². The Morgan fingerprint density at radius 3 is 2.07 bits per heavy atom. The van der Waals surface area contributed by atoms with Crippen LogP contribution in [0, 0.1) is 0 Å². The van der Waals surface area contributed by atoms with Crippen molar-refractivity contribution in [3.8, 4) is 0 Å². The van der Waals surface area contributed by atoms with Gasteiger partial charge in [-0.05, 0) is 41.9 Å². The van der Waals surface area contributed by atoms with Gasteiger partial charge in [-0.1, -0.05) is 24.3 Å². The van der Waals surface area contributed by atoms with Crippen molar-refractivity contribution in [1.29, 1.82) is 0 Å². The lowest BCUT2D eigenvalue weighted by Gasteiger charge is -2.31. The molecule has 2 aliphatic rings. The maximum atomic E-state index is 2.31. The van der Waals surface area contributed by atoms with Gasteiger partial charge in [-0.15, -0.1) is 23.5 Å². The van der Waals surface area contributed by atoms with E-state index < -0.39 is 0 Å². The molecule has 1 spiro atoms. The lowest BCUT2D eigenvalue weighted by Crippen LogP contribution is -2.25. The van der Waals surface area contributed by atoms with Crippen molar-refractivity contribution >= 4 is 23.5 Å². The number of thioether (sulfide) groups is 2. The number of hydrogen-bond donors (Lipinski definition) is 0. The topological polar surface area (TPSA) is 0 Å². The molecule has 0 unspecified atom stereocenters. The van der Waals surface area contributed by atoms with Crippen molar-refractivity contribution in [3.63, 3.8) is 0 Å². The molecule has 1 aromatic carbocycles. The van der Waals surface area contributed by atoms with E-state index in [1.807, 2.05) is 0 Å². The van der Waals surface area contributed by atoms with Gasteiger partial charge < -0.3 is 0 Å². The molecule has 0 N–H and O–H groups in total. The molecule has 1 aromatic rings. The maximum absolute atomic E-state index is 2.31. The van der Waals surface area contributed by atoms with Gasteiger partial charge in [-0.25, -0.2) is 0 Å². The van der Waals surface area contributed by atoms with Crippen LogP contribution in [0.1, 0.15) is 17.5 Å². The van der Waals surface area contributed by atoms with Crippen molar-refractivity contribution in [2.24, 2.45) is 0 Å². The fraction of sp³-hybridized carbons (Fsp3) is 0.500. The number of benzene rings is 1. The highest BCUT2D eigenvalue weighted by molar-refractivity contribution is 8.18. The van der Waals surface area contributed by atoms with E-state index in [0.717, 1.165) is 0 Å². The van der Waals surface area contributed by atoms with Gasteiger partial charge in [0.2, 0.25) is 0 Å². The van der Waals surface area contributed by atoms with Crippen LogP contribution in [0.5, 0.6) is 0 Å². The van der Waals surface area contributed by atoms with Crippen LogP contribution in [0.25, 0.3) is 0 Å². The van der Waals surface area contributed by atoms with E-state index in [1.165, 1.54) is 30.8 Å². The fourth-order valence-electron chi connectivity index (χ4n) is 2.37. The summed E-state index contributed by atoms with van der Waals surface area (Å²) in [5.74, 6) is 2.72. The van der Waals surface area contributed by atoms with Crippen LogP contribution in [-0.2, 0) is 12.8 Å². The highest BCUT2D eigenvalue weighted by Crippen LogP contribution is 2.50. The molecule has 0 amide bonds. The van der Waals surface area contributed by atoms with Gasteiger partial charge in [0, 0.05) is 0 Å². The standard InChI is InChI=1S/C12H14S2/c1-2-5-11-9-12(8-10(11)4-1)13-6-3-7-14-12/h1-2,4-5H,3,6-9H2. The quantitative estimate of drug-likeness (QED) is 0.660. The molecule has 1 heterocycles. The molecule has 1 aliphatic carbocycles. The van der Waals surface area contributed by atoms with Gasteiger partial charge in [0.25, 0.3) is 0 Å². The third-order valence-corrected chi connectivity index (χ3v) is 6.38. The van der Waals surface area contributed by atoms with Crippen molar-refractivity contribution in [2.75, 3.05) is 11.5 Å². The zero-order valence-electron chi connectivity index (χ0n) is 8.16. The Balaban J connectivity index is 1.89. The van der Waals surface area contributed by atoms with Crippen molar-refractivity contribution < 1.29 is 0 Å². The molecular formula is C12H14S2. The smallest absolute Gasteiger partial charge is 0.0691 e. The van der Waals surface area contributed by atoms with Gasteiger partial charge in [-0.2, -0.15) is 0 Å². The van der Waals surface area contributed by atoms with E-state index in [9.17, 15) is 0 Å². The van der Waals surface area contributed by atoms with E-state index in [0.29, 0.717) is 4.08 Å². The highest BCUT2D eigenvalue weighted by Gasteiger charge is 2.39. The molecule has 0 atom stereocenters. The normalized spacial score (nSPS) is 23.7. The predicted octanol–water partition coefficient (Wildman–Crippen LogP) is 3.35. The molecular weight excluding hydrogens is 208 g/mol. The summed E-state index contributed by atoms with van der Waals surface area (Å²) in [6.07, 6.45) is 3.98. The highest BCUT2D eigenvalue weighted by atomic mass is 32.2. The molecule has 14 heavy (non-hydrogen) atoms. The summed E-state index contributed by atoms with van der Waals surface area (Å²) in [6.45, 7) is 0. The summed E-state index contributed by atoms with van der Waals surface area (Å²) >= 11 is 4.39. The lowest BCUT2D eigenvalue weighted by molar-refractivity contribution is 0.848. The Bertz CT molecular complexity index is 313. The molecule has 1 aliphatic heterocycles. The fourth-order valence-corrected chi connectivity index (χ4v) is 5.73. The molecule has 74 valence electrons. The molecule has 1 saturated heterocycles. The largest absolute Gasteiger partial charge is 0.143 e. The third kappa shape index (κ3) is 1.49. The first-order valence-electron chi connectivity index (χ1n) is 5.23. The summed E-state index contributed by atoms with van der Waals surface area (Å²) in [4.78, 5) is 0. The Kier molecular flexibility index (Phi) is 2.29. The molecule has 1 fully saturated rings. The van der Waals surface area contributed by atoms with Gasteiger partial charge in [0.15, 0.2) is 0 Å². The molecule has 3 rings (SSSR count). The summed E-state index contributed by atoms with van der Waals surface area (Å²) < 4.78 is 0.516. The monoisotopic (exact) mass is 222 g/mol. The molecule has 0 radical (unpaired) electrons. The zero-order chi connectivity index (χ0) is 9.43. The number of fused-ring (bicyclic) bond motifs is 1. The second-order valence-electron chi connectivity index (χ2n) is 4.08. The summed E-state index contributed by atoms with van der Waals surface area (Å²) in [7, 11) is 0. The Labute approximate surface area is 93.9 Å². The summed E-state index contributed by atoms with van der Waals surface area (Å²) in [5.41, 5.74) is 3.18. The third-order valence-electron chi connectivity index (χ3n) is 3.06. The van der Waals surface area contributed by atoms with Crippen LogP contribution >= 0.6 is 23.5 Å². The van der Waals surface area contributed by atoms with Crippen molar-refractivity contribution in [3.05, 3.63) is 35.4 Å². The first-order valence-corrected chi connectivity index (χ1v) is 7.20. The Morgan fingerprint density at radius 1 is 0.929 bits per heavy atom. The first-order chi connectivity index (χ1) is 6.88. The summed E-state index contributed by atoms with van der Waals surface area (Å²) in [5, 5.41) is 0. The van der Waals surface area contributed by atoms with Crippen LogP contribution < -0.4 is 0 Å². The van der Waals surface area contributed by atoms with Crippen LogP contribution in [0.15, 0.2) is 24.3 Å². The zero-order valence-corrected chi connectivity index (χ0v) is 9.79. The van der Waals surface area contributed by atoms with Crippen LogP contribution in [0.4, 0.5) is 0 Å². The minimum atomic E-state index is 0.516. The molecule has 0 bridgehead atoms. The average Bonchev–Trinajstić information content (AvgIpc) is 2.56. The number of rotatable bonds is 0. The van der Waals surface area contributed by atoms with Gasteiger partial charge in [0.1, 0.15) is 0 Å². The van der Waals surface area contributed by atoms with E-state index >= 15 is 0 Å². The van der Waals surface area contributed by atoms with E-state index in [2.05, 4.69) is 47.8 Å². The maximum Gasteiger partial charge on any atom is 0.0691 e. The van der Waals surface area contributed by atoms with E-state index in [1.54, 1.807) is 11.1 Å². The molecule has 0 aromatic heterocycles. The molecule has 2 heteroatoms. The minimum absolute atomic E-state index is 0.516. The van der Waals surface area contributed by atoms with Crippen molar-refractivity contribution in [1.82, 2.24) is 0 Å². The molecule has 0 nitrogen and oxygen atoms in total.